The molecule has 194 valence electrons. The standard InChI is InChI=1S/C36H28NO2P/c1-3-11-25(12-4-1)31-23-37(24-32(31)26-13-5-2-6-14-26)40-38-33-21-19-27-15-7-9-17-29(27)35(33)36-30-18-10-8-16-28(30)20-22-34(36)39-40/h1-22,31-32H,23-24H2/t31-,32-/m0/s1. The Morgan fingerprint density at radius 1 is 0.475 bits per heavy atom. The lowest BCUT2D eigenvalue weighted by Crippen LogP contribution is -2.15. The fraction of sp³-hybridized carbons (Fsp3) is 0.111. The number of hydrogen-bond donors (Lipinski definition) is 0. The summed E-state index contributed by atoms with van der Waals surface area (Å²) in [5, 5.41) is 7.00. The van der Waals surface area contributed by atoms with E-state index in [1.54, 1.807) is 0 Å². The molecule has 4 heteroatoms. The second-order valence-electron chi connectivity index (χ2n) is 10.6. The van der Waals surface area contributed by atoms with E-state index in [4.69, 9.17) is 8.39 Å². The van der Waals surface area contributed by atoms with Crippen LogP contribution in [0.15, 0.2) is 142 Å². The van der Waals surface area contributed by atoms with Crippen LogP contribution in [0.25, 0.3) is 43.5 Å². The van der Waals surface area contributed by atoms with Gasteiger partial charge < -0.3 is 8.39 Å². The van der Waals surface area contributed by atoms with Gasteiger partial charge in [-0.3, -0.25) is 0 Å². The van der Waals surface area contributed by atoms with Gasteiger partial charge in [0.1, 0.15) is 11.2 Å². The number of rotatable bonds is 3. The number of hydrogen-bond acceptors (Lipinski definition) is 3. The van der Waals surface area contributed by atoms with Crippen LogP contribution in [0.1, 0.15) is 23.0 Å². The molecule has 1 aliphatic rings. The monoisotopic (exact) mass is 537 g/mol. The Morgan fingerprint density at radius 2 is 0.900 bits per heavy atom. The first-order chi connectivity index (χ1) is 19.8. The molecule has 1 aliphatic heterocycles. The van der Waals surface area contributed by atoms with Crippen molar-refractivity contribution in [3.63, 3.8) is 0 Å². The number of nitrogens with zero attached hydrogens (tertiary/aromatic N) is 1. The SMILES string of the molecule is c1ccc([C@@H]2CN(p3oc4ccc5ccccc5c4c4c(ccc5ccccc54)o3)C[C@H]2c2ccccc2)cc1. The fourth-order valence-corrected chi connectivity index (χ4v) is 7.99. The van der Waals surface area contributed by atoms with Gasteiger partial charge in [-0.25, -0.2) is 4.67 Å². The molecule has 2 heterocycles. The third-order valence-electron chi connectivity index (χ3n) is 8.37. The second-order valence-corrected chi connectivity index (χ2v) is 12.1. The second kappa shape index (κ2) is 9.71. The first-order valence-corrected chi connectivity index (χ1v) is 15.0. The average molecular weight is 538 g/mol. The van der Waals surface area contributed by atoms with Crippen LogP contribution >= 0.6 is 8.16 Å². The maximum Gasteiger partial charge on any atom is 0.309 e. The number of fused-ring (bicyclic) bond motifs is 7. The van der Waals surface area contributed by atoms with Crippen molar-refractivity contribution in [2.24, 2.45) is 0 Å². The topological polar surface area (TPSA) is 29.5 Å². The first kappa shape index (κ1) is 23.6. The van der Waals surface area contributed by atoms with Crippen LogP contribution in [-0.2, 0) is 0 Å². The van der Waals surface area contributed by atoms with Gasteiger partial charge in [-0.1, -0.05) is 121 Å². The van der Waals surface area contributed by atoms with E-state index in [0.717, 1.165) is 35.0 Å². The summed E-state index contributed by atoms with van der Waals surface area (Å²) < 4.78 is 16.3. The lowest BCUT2D eigenvalue weighted by Gasteiger charge is -2.19. The van der Waals surface area contributed by atoms with E-state index in [2.05, 4.69) is 138 Å². The minimum Gasteiger partial charge on any atom is -0.408 e. The van der Waals surface area contributed by atoms with E-state index in [1.807, 2.05) is 0 Å². The van der Waals surface area contributed by atoms with Crippen LogP contribution in [0.5, 0.6) is 0 Å². The Labute approximate surface area is 233 Å². The summed E-state index contributed by atoms with van der Waals surface area (Å²) in [6.45, 7) is 1.75. The quantitative estimate of drug-likeness (QED) is 0.225. The van der Waals surface area contributed by atoms with E-state index >= 15 is 0 Å². The first-order valence-electron chi connectivity index (χ1n) is 13.9. The van der Waals surface area contributed by atoms with Crippen LogP contribution in [0.4, 0.5) is 0 Å². The Hall–Kier alpha value is -4.30. The van der Waals surface area contributed by atoms with Crippen LogP contribution in [0.2, 0.25) is 0 Å². The van der Waals surface area contributed by atoms with Gasteiger partial charge in [-0.2, -0.15) is 0 Å². The summed E-state index contributed by atoms with van der Waals surface area (Å²) in [7, 11) is -1.38. The summed E-state index contributed by atoms with van der Waals surface area (Å²) in [4.78, 5) is 0. The van der Waals surface area contributed by atoms with Gasteiger partial charge in [0.15, 0.2) is 0 Å². The predicted octanol–water partition coefficient (Wildman–Crippen LogP) is 10.1. The molecule has 40 heavy (non-hydrogen) atoms. The van der Waals surface area contributed by atoms with E-state index in [0.29, 0.717) is 11.8 Å². The molecule has 1 aromatic heterocycles. The van der Waals surface area contributed by atoms with Crippen molar-refractivity contribution < 1.29 is 8.39 Å². The third kappa shape index (κ3) is 3.93. The van der Waals surface area contributed by atoms with Gasteiger partial charge >= 0.3 is 8.16 Å². The van der Waals surface area contributed by atoms with Crippen molar-refractivity contribution >= 4 is 51.6 Å². The Morgan fingerprint density at radius 3 is 1.38 bits per heavy atom. The zero-order chi connectivity index (χ0) is 26.5. The molecule has 1 saturated heterocycles. The van der Waals surface area contributed by atoms with E-state index in [-0.39, 0.29) is 0 Å². The number of benzene rings is 6. The van der Waals surface area contributed by atoms with Crippen molar-refractivity contribution in [2.75, 3.05) is 17.8 Å². The normalized spacial score (nSPS) is 17.7. The molecule has 8 rings (SSSR count). The maximum absolute atomic E-state index is 6.92. The molecule has 3 nitrogen and oxygen atoms in total. The Bertz CT molecular complexity index is 1890. The lowest BCUT2D eigenvalue weighted by atomic mass is 9.84. The molecule has 0 N–H and O–H groups in total. The third-order valence-corrected chi connectivity index (χ3v) is 9.87. The summed E-state index contributed by atoms with van der Waals surface area (Å²) in [5.41, 5.74) is 4.50. The predicted molar refractivity (Wildman–Crippen MR) is 168 cm³/mol. The van der Waals surface area contributed by atoms with Gasteiger partial charge in [-0.15, -0.1) is 0 Å². The molecular formula is C36H28NO2P. The van der Waals surface area contributed by atoms with Gasteiger partial charge in [-0.05, 0) is 44.8 Å². The highest BCUT2D eigenvalue weighted by Gasteiger charge is 2.37. The van der Waals surface area contributed by atoms with E-state index in [9.17, 15) is 0 Å². The molecule has 1 fully saturated rings. The Kier molecular flexibility index (Phi) is 5.72. The highest BCUT2D eigenvalue weighted by atomic mass is 31.1. The zero-order valence-electron chi connectivity index (χ0n) is 22.0. The molecule has 6 aromatic carbocycles. The molecular weight excluding hydrogens is 509 g/mol. The van der Waals surface area contributed by atoms with E-state index < -0.39 is 8.16 Å². The molecule has 0 bridgehead atoms. The Balaban J connectivity index is 1.38. The summed E-state index contributed by atoms with van der Waals surface area (Å²) >= 11 is 0. The summed E-state index contributed by atoms with van der Waals surface area (Å²) in [5.74, 6) is 0.711. The van der Waals surface area contributed by atoms with Crippen LogP contribution in [0, 0.1) is 0 Å². The molecule has 0 radical (unpaired) electrons. The smallest absolute Gasteiger partial charge is 0.309 e. The van der Waals surface area contributed by atoms with Crippen LogP contribution in [-0.4, -0.2) is 13.1 Å². The van der Waals surface area contributed by atoms with Crippen molar-refractivity contribution in [1.82, 2.24) is 0 Å². The molecule has 0 saturated carbocycles. The van der Waals surface area contributed by atoms with Crippen molar-refractivity contribution in [3.05, 3.63) is 145 Å². The van der Waals surface area contributed by atoms with Crippen molar-refractivity contribution in [2.45, 2.75) is 11.8 Å². The molecule has 2 atom stereocenters. The molecule has 0 amide bonds. The van der Waals surface area contributed by atoms with Crippen molar-refractivity contribution in [1.29, 1.82) is 0 Å². The maximum atomic E-state index is 6.92. The van der Waals surface area contributed by atoms with Crippen LogP contribution < -0.4 is 4.67 Å². The van der Waals surface area contributed by atoms with Gasteiger partial charge in [0.05, 0.1) is 0 Å². The minimum atomic E-state index is -1.38. The van der Waals surface area contributed by atoms with Gasteiger partial charge in [0, 0.05) is 35.7 Å². The highest BCUT2D eigenvalue weighted by Crippen LogP contribution is 2.48. The minimum absolute atomic E-state index is 0.355. The van der Waals surface area contributed by atoms with E-state index in [1.165, 1.54) is 32.7 Å². The fourth-order valence-electron chi connectivity index (χ4n) is 6.47. The largest absolute Gasteiger partial charge is 0.408 e. The van der Waals surface area contributed by atoms with Gasteiger partial charge in [0.25, 0.3) is 0 Å². The molecule has 0 spiro atoms. The van der Waals surface area contributed by atoms with Gasteiger partial charge in [0.2, 0.25) is 0 Å². The zero-order valence-corrected chi connectivity index (χ0v) is 22.9. The molecule has 0 aliphatic carbocycles. The van der Waals surface area contributed by atoms with Crippen molar-refractivity contribution in [3.8, 4) is 0 Å². The average Bonchev–Trinajstić information content (AvgIpc) is 3.39. The van der Waals surface area contributed by atoms with Crippen LogP contribution in [0.3, 0.4) is 0 Å². The summed E-state index contributed by atoms with van der Waals surface area (Å²) in [6, 6.07) is 47.6. The molecule has 7 aromatic rings. The summed E-state index contributed by atoms with van der Waals surface area (Å²) in [6.07, 6.45) is 0. The lowest BCUT2D eigenvalue weighted by molar-refractivity contribution is 0.628. The molecule has 0 unspecified atom stereocenters. The highest BCUT2D eigenvalue weighted by molar-refractivity contribution is 7.39.